The summed E-state index contributed by atoms with van der Waals surface area (Å²) in [5, 5.41) is 7.70. The van der Waals surface area contributed by atoms with Crippen LogP contribution < -0.4 is 20.3 Å². The number of benzene rings is 2. The molecular weight excluding hydrogens is 418 g/mol. The number of rotatable bonds is 5. The van der Waals surface area contributed by atoms with Gasteiger partial charge in [-0.15, -0.1) is 0 Å². The second-order valence-electron chi connectivity index (χ2n) is 8.61. The van der Waals surface area contributed by atoms with Crippen LogP contribution in [0.3, 0.4) is 0 Å². The number of nitrogens with zero attached hydrogens (tertiary/aromatic N) is 2. The summed E-state index contributed by atoms with van der Waals surface area (Å²) < 4.78 is 12.1. The van der Waals surface area contributed by atoms with E-state index in [1.54, 1.807) is 18.2 Å². The second kappa shape index (κ2) is 8.73. The molecule has 0 saturated carbocycles. The Bertz CT molecular complexity index is 1260. The topological polar surface area (TPSA) is 82.4 Å². The van der Waals surface area contributed by atoms with Gasteiger partial charge in [-0.25, -0.2) is 4.68 Å². The van der Waals surface area contributed by atoms with E-state index in [0.29, 0.717) is 23.6 Å². The maximum Gasteiger partial charge on any atom is 0.271 e. The molecule has 1 amide bonds. The quantitative estimate of drug-likeness (QED) is 0.629. The van der Waals surface area contributed by atoms with Crippen LogP contribution in [0.2, 0.25) is 0 Å². The number of nitrogens with one attached hydrogen (secondary N) is 1. The van der Waals surface area contributed by atoms with Crippen LogP contribution in [0.4, 0.5) is 5.69 Å². The van der Waals surface area contributed by atoms with Gasteiger partial charge in [0.05, 0.1) is 5.69 Å². The summed E-state index contributed by atoms with van der Waals surface area (Å²) in [5.41, 5.74) is 5.19. The van der Waals surface area contributed by atoms with Crippen molar-refractivity contribution in [1.82, 2.24) is 9.78 Å². The zero-order valence-corrected chi connectivity index (χ0v) is 18.9. The Labute approximate surface area is 192 Å². The number of aromatic nitrogens is 2. The normalized spacial score (nSPS) is 15.1. The fourth-order valence-corrected chi connectivity index (χ4v) is 4.58. The van der Waals surface area contributed by atoms with Crippen molar-refractivity contribution < 1.29 is 14.3 Å². The maximum absolute atomic E-state index is 13.4. The van der Waals surface area contributed by atoms with Crippen molar-refractivity contribution in [1.29, 1.82) is 0 Å². The van der Waals surface area contributed by atoms with Crippen molar-refractivity contribution in [3.8, 4) is 22.8 Å². The van der Waals surface area contributed by atoms with Gasteiger partial charge in [-0.1, -0.05) is 36.8 Å². The van der Waals surface area contributed by atoms with Gasteiger partial charge in [0, 0.05) is 22.9 Å². The van der Waals surface area contributed by atoms with Gasteiger partial charge in [-0.3, -0.25) is 9.59 Å². The van der Waals surface area contributed by atoms with Crippen molar-refractivity contribution in [2.24, 2.45) is 0 Å². The summed E-state index contributed by atoms with van der Waals surface area (Å²) in [5.74, 6) is 0.957. The summed E-state index contributed by atoms with van der Waals surface area (Å²) >= 11 is 0. The lowest BCUT2D eigenvalue weighted by atomic mass is 9.89. The van der Waals surface area contributed by atoms with E-state index >= 15 is 0 Å². The number of amides is 1. The van der Waals surface area contributed by atoms with Gasteiger partial charge < -0.3 is 14.8 Å². The predicted octanol–water partition coefficient (Wildman–Crippen LogP) is 4.42. The molecule has 0 unspecified atom stereocenters. The Morgan fingerprint density at radius 3 is 2.55 bits per heavy atom. The number of hydrogen-bond donors (Lipinski definition) is 1. The van der Waals surface area contributed by atoms with Crippen molar-refractivity contribution in [3.63, 3.8) is 0 Å². The van der Waals surface area contributed by atoms with Crippen LogP contribution in [0.25, 0.3) is 11.3 Å². The number of aryl methyl sites for hydroxylation is 1. The van der Waals surface area contributed by atoms with E-state index in [0.717, 1.165) is 53.6 Å². The van der Waals surface area contributed by atoms with E-state index in [1.807, 2.05) is 38.1 Å². The molecule has 0 saturated heterocycles. The summed E-state index contributed by atoms with van der Waals surface area (Å²) in [6, 6.07) is 12.7. The molecule has 2 aromatic carbocycles. The van der Waals surface area contributed by atoms with Crippen LogP contribution >= 0.6 is 0 Å². The molecule has 1 N–H and O–H groups in total. The zero-order valence-electron chi connectivity index (χ0n) is 18.9. The first-order valence-corrected chi connectivity index (χ1v) is 11.5. The SMILES string of the molecule is CC[C@@H](C(=O)Nc1ccc2c(c1)OCO2)n1nc(-c2ccc(C)cc2)c2c(c1=O)CCCC2. The van der Waals surface area contributed by atoms with E-state index < -0.39 is 6.04 Å². The molecule has 3 aromatic rings. The molecule has 0 bridgehead atoms. The molecule has 1 aromatic heterocycles. The highest BCUT2D eigenvalue weighted by Crippen LogP contribution is 2.34. The third-order valence-electron chi connectivity index (χ3n) is 6.38. The monoisotopic (exact) mass is 445 g/mol. The van der Waals surface area contributed by atoms with Gasteiger partial charge in [0.1, 0.15) is 6.04 Å². The minimum absolute atomic E-state index is 0.159. The summed E-state index contributed by atoms with van der Waals surface area (Å²) in [6.45, 7) is 4.10. The van der Waals surface area contributed by atoms with Gasteiger partial charge in [0.15, 0.2) is 11.5 Å². The van der Waals surface area contributed by atoms with Crippen LogP contribution in [-0.4, -0.2) is 22.5 Å². The highest BCUT2D eigenvalue weighted by atomic mass is 16.7. The van der Waals surface area contributed by atoms with E-state index in [4.69, 9.17) is 14.6 Å². The Balaban J connectivity index is 1.53. The minimum Gasteiger partial charge on any atom is -0.454 e. The molecule has 7 heteroatoms. The summed E-state index contributed by atoms with van der Waals surface area (Å²) in [4.78, 5) is 26.7. The third-order valence-corrected chi connectivity index (χ3v) is 6.38. The van der Waals surface area contributed by atoms with E-state index in [-0.39, 0.29) is 18.3 Å². The van der Waals surface area contributed by atoms with Crippen LogP contribution in [0.15, 0.2) is 47.3 Å². The lowest BCUT2D eigenvalue weighted by molar-refractivity contribution is -0.119. The largest absolute Gasteiger partial charge is 0.454 e. The average molecular weight is 446 g/mol. The molecule has 2 aliphatic rings. The predicted molar refractivity (Wildman–Crippen MR) is 126 cm³/mol. The van der Waals surface area contributed by atoms with Crippen LogP contribution in [0, 0.1) is 6.92 Å². The molecule has 170 valence electrons. The van der Waals surface area contributed by atoms with E-state index in [1.165, 1.54) is 4.68 Å². The first-order valence-electron chi connectivity index (χ1n) is 11.5. The molecule has 0 radical (unpaired) electrons. The molecule has 1 aliphatic heterocycles. The van der Waals surface area contributed by atoms with Crippen molar-refractivity contribution >= 4 is 11.6 Å². The third kappa shape index (κ3) is 3.99. The fourth-order valence-electron chi connectivity index (χ4n) is 4.58. The average Bonchev–Trinajstić information content (AvgIpc) is 3.30. The molecule has 2 heterocycles. The molecular formula is C26H27N3O4. The Hall–Kier alpha value is -3.61. The Kier molecular flexibility index (Phi) is 5.62. The lowest BCUT2D eigenvalue weighted by Gasteiger charge is -2.24. The number of hydrogen-bond acceptors (Lipinski definition) is 5. The number of fused-ring (bicyclic) bond motifs is 2. The van der Waals surface area contributed by atoms with Crippen LogP contribution in [-0.2, 0) is 17.6 Å². The van der Waals surface area contributed by atoms with Crippen LogP contribution in [0.1, 0.15) is 48.9 Å². The summed E-state index contributed by atoms with van der Waals surface area (Å²) in [7, 11) is 0. The Morgan fingerprint density at radius 1 is 1.06 bits per heavy atom. The first kappa shape index (κ1) is 21.2. The number of carbonyl (C=O) groups excluding carboxylic acids is 1. The first-order chi connectivity index (χ1) is 16.0. The molecule has 5 rings (SSSR count). The number of carbonyl (C=O) groups is 1. The molecule has 33 heavy (non-hydrogen) atoms. The number of ether oxygens (including phenoxy) is 2. The molecule has 0 spiro atoms. The zero-order chi connectivity index (χ0) is 22.9. The fraction of sp³-hybridized carbons (Fsp3) is 0.346. The molecule has 1 aliphatic carbocycles. The van der Waals surface area contributed by atoms with Gasteiger partial charge in [-0.05, 0) is 56.7 Å². The van der Waals surface area contributed by atoms with Gasteiger partial charge >= 0.3 is 0 Å². The molecule has 0 fully saturated rings. The minimum atomic E-state index is -0.723. The van der Waals surface area contributed by atoms with E-state index in [2.05, 4.69) is 5.32 Å². The standard InChI is InChI=1S/C26H27N3O4/c1-3-21(25(30)27-18-12-13-22-23(14-18)33-15-32-22)29-26(31)20-7-5-4-6-19(20)24(28-29)17-10-8-16(2)9-11-17/h8-14,21H,3-7,15H2,1-2H3,(H,27,30)/t21-/m0/s1. The lowest BCUT2D eigenvalue weighted by Crippen LogP contribution is -2.38. The van der Waals surface area contributed by atoms with Gasteiger partial charge in [0.2, 0.25) is 12.7 Å². The van der Waals surface area contributed by atoms with Gasteiger partial charge in [0.25, 0.3) is 5.56 Å². The molecule has 7 nitrogen and oxygen atoms in total. The molecule has 1 atom stereocenters. The Morgan fingerprint density at radius 2 is 1.79 bits per heavy atom. The van der Waals surface area contributed by atoms with Crippen LogP contribution in [0.5, 0.6) is 11.5 Å². The van der Waals surface area contributed by atoms with E-state index in [9.17, 15) is 9.59 Å². The number of anilines is 1. The van der Waals surface area contributed by atoms with Crippen molar-refractivity contribution in [2.75, 3.05) is 12.1 Å². The van der Waals surface area contributed by atoms with Gasteiger partial charge in [-0.2, -0.15) is 5.10 Å². The summed E-state index contributed by atoms with van der Waals surface area (Å²) in [6.07, 6.45) is 4.01. The maximum atomic E-state index is 13.4. The second-order valence-corrected chi connectivity index (χ2v) is 8.61. The highest BCUT2D eigenvalue weighted by molar-refractivity contribution is 5.94. The smallest absolute Gasteiger partial charge is 0.271 e. The van der Waals surface area contributed by atoms with Crippen molar-refractivity contribution in [3.05, 3.63) is 69.5 Å². The van der Waals surface area contributed by atoms with Crippen molar-refractivity contribution in [2.45, 2.75) is 52.0 Å². The highest BCUT2D eigenvalue weighted by Gasteiger charge is 2.27.